The normalized spacial score (nSPS) is 11.6. The quantitative estimate of drug-likeness (QED) is 0.0920. The Kier molecular flexibility index (Phi) is 11.3. The summed E-state index contributed by atoms with van der Waals surface area (Å²) in [4.78, 5) is 16.8. The van der Waals surface area contributed by atoms with Crippen LogP contribution >= 0.6 is 11.6 Å². The lowest BCUT2D eigenvalue weighted by Crippen LogP contribution is -2.35. The Morgan fingerprint density at radius 2 is 1.54 bits per heavy atom. The maximum absolute atomic E-state index is 14.0. The minimum Gasteiger partial charge on any atom is -0.478 e. The molecule has 13 heteroatoms. The summed E-state index contributed by atoms with van der Waals surface area (Å²) in [6.45, 7) is -0.0587. The number of sulfonamides is 1. The Bertz CT molecular complexity index is 2100. The second-order valence-corrected chi connectivity index (χ2v) is 14.4. The van der Waals surface area contributed by atoms with Gasteiger partial charge in [-0.25, -0.2) is 26.0 Å². The van der Waals surface area contributed by atoms with Crippen LogP contribution in [0, 0.1) is 5.82 Å². The number of hydrogen-bond donors (Lipinski definition) is 2. The van der Waals surface area contributed by atoms with Gasteiger partial charge in [-0.1, -0.05) is 60.1 Å². The molecule has 1 aromatic heterocycles. The Morgan fingerprint density at radius 3 is 2.29 bits per heavy atom. The number of benzene rings is 4. The number of aryl methyl sites for hydroxylation is 2. The molecule has 1 N–H and O–H groups in total. The largest absolute Gasteiger partial charge is 0.478 e. The highest BCUT2D eigenvalue weighted by Gasteiger charge is 2.27. The van der Waals surface area contributed by atoms with Gasteiger partial charge in [-0.2, -0.15) is 0 Å². The fraction of sp³-hybridized carbons (Fsp3) is 0.200. The highest BCUT2D eigenvalue weighted by Crippen LogP contribution is 2.27. The molecule has 1 heterocycles. The third-order valence-corrected chi connectivity index (χ3v) is 10.6. The summed E-state index contributed by atoms with van der Waals surface area (Å²) in [5, 5.41) is 11.4. The molecule has 0 bridgehead atoms. The van der Waals surface area contributed by atoms with Gasteiger partial charge in [-0.05, 0) is 91.4 Å². The van der Waals surface area contributed by atoms with Crippen LogP contribution in [0.1, 0.15) is 40.0 Å². The molecule has 0 spiro atoms. The number of pyridine rings is 1. The number of nitrogens with zero attached hydrogens (tertiary/aromatic N) is 3. The van der Waals surface area contributed by atoms with Gasteiger partial charge in [0.2, 0.25) is 20.9 Å². The zero-order valence-corrected chi connectivity index (χ0v) is 28.2. The van der Waals surface area contributed by atoms with E-state index in [0.717, 1.165) is 42.9 Å². The number of thiol groups is 1. The molecular weight excluding hydrogens is 677 g/mol. The second-order valence-electron chi connectivity index (χ2n) is 11.2. The van der Waals surface area contributed by atoms with Crippen LogP contribution in [-0.4, -0.2) is 46.0 Å². The number of aromatic carboxylic acids is 1. The van der Waals surface area contributed by atoms with Crippen LogP contribution in [0.4, 0.5) is 15.8 Å². The van der Waals surface area contributed by atoms with E-state index in [0.29, 0.717) is 23.4 Å². The lowest BCUT2D eigenvalue weighted by molar-refractivity contribution is 0.0697. The second kappa shape index (κ2) is 15.6. The van der Waals surface area contributed by atoms with E-state index in [2.05, 4.69) is 0 Å². The van der Waals surface area contributed by atoms with Crippen LogP contribution in [0.3, 0.4) is 0 Å². The van der Waals surface area contributed by atoms with Crippen molar-refractivity contribution in [2.24, 2.45) is 0 Å². The fourth-order valence-corrected chi connectivity index (χ4v) is 7.84. The van der Waals surface area contributed by atoms with Gasteiger partial charge in [0.05, 0.1) is 28.2 Å². The van der Waals surface area contributed by atoms with E-state index in [1.807, 2.05) is 42.5 Å². The third kappa shape index (κ3) is 8.88. The Labute approximate surface area is 285 Å². The number of fused-ring (bicyclic) bond motifs is 1. The number of hydrogen-bond acceptors (Lipinski definition) is 6. The van der Waals surface area contributed by atoms with E-state index in [9.17, 15) is 31.1 Å². The molecule has 0 radical (unpaired) electrons. The number of aromatic nitrogens is 1. The minimum atomic E-state index is -4.10. The molecule has 0 unspecified atom stereocenters. The molecule has 0 saturated carbocycles. The summed E-state index contributed by atoms with van der Waals surface area (Å²) in [7, 11) is -7.13. The number of anilines is 2. The van der Waals surface area contributed by atoms with Gasteiger partial charge in [0.25, 0.3) is 0 Å². The van der Waals surface area contributed by atoms with Crippen LogP contribution in [0.5, 0.6) is 0 Å². The van der Waals surface area contributed by atoms with Crippen LogP contribution in [0.15, 0.2) is 103 Å². The van der Waals surface area contributed by atoms with Crippen molar-refractivity contribution in [1.29, 1.82) is 0 Å². The summed E-state index contributed by atoms with van der Waals surface area (Å²) in [5.74, 6) is -2.16. The zero-order chi connectivity index (χ0) is 34.3. The van der Waals surface area contributed by atoms with Gasteiger partial charge >= 0.3 is 5.97 Å². The predicted octanol–water partition coefficient (Wildman–Crippen LogP) is 6.66. The standard InChI is InChI=1S/C35H33ClFN3O6S2/c36-28-13-11-27-12-17-30(38-33(27)23-28)16-10-25-6-5-7-26(22-25)24-48(45,46)40(34-9-2-1-8-32(34)35(41)42)21-4-3-20-39(47(43)44)31-18-14-29(37)15-19-31/h1-2,5-9,11-15,17-19,22-23,47H,3-4,10,16,20-21,24H2,(H,41,42). The van der Waals surface area contributed by atoms with Crippen molar-refractivity contribution >= 4 is 60.8 Å². The van der Waals surface area contributed by atoms with Gasteiger partial charge in [0.1, 0.15) is 5.82 Å². The van der Waals surface area contributed by atoms with Crippen LogP contribution in [0.2, 0.25) is 5.02 Å². The smallest absolute Gasteiger partial charge is 0.337 e. The molecule has 0 amide bonds. The van der Waals surface area contributed by atoms with Crippen molar-refractivity contribution in [2.75, 3.05) is 21.7 Å². The van der Waals surface area contributed by atoms with E-state index < -0.39 is 32.7 Å². The summed E-state index contributed by atoms with van der Waals surface area (Å²) in [5.41, 5.74) is 3.26. The van der Waals surface area contributed by atoms with E-state index in [4.69, 9.17) is 16.6 Å². The van der Waals surface area contributed by atoms with Gasteiger partial charge in [0.15, 0.2) is 0 Å². The molecule has 250 valence electrons. The zero-order valence-electron chi connectivity index (χ0n) is 25.7. The van der Waals surface area contributed by atoms with Crippen LogP contribution in [0.25, 0.3) is 10.9 Å². The van der Waals surface area contributed by atoms with E-state index in [-0.39, 0.29) is 48.6 Å². The van der Waals surface area contributed by atoms with Gasteiger partial charge < -0.3 is 5.11 Å². The molecule has 0 aliphatic heterocycles. The Morgan fingerprint density at radius 1 is 0.833 bits per heavy atom. The maximum Gasteiger partial charge on any atom is 0.337 e. The van der Waals surface area contributed by atoms with Gasteiger partial charge in [0, 0.05) is 29.2 Å². The molecule has 5 aromatic rings. The predicted molar refractivity (Wildman–Crippen MR) is 187 cm³/mol. The van der Waals surface area contributed by atoms with Crippen molar-refractivity contribution < 1.29 is 31.1 Å². The first kappa shape index (κ1) is 34.8. The van der Waals surface area contributed by atoms with E-state index in [1.165, 1.54) is 30.3 Å². The molecule has 0 aliphatic carbocycles. The molecule has 48 heavy (non-hydrogen) atoms. The SMILES string of the molecule is O=C(O)c1ccccc1N(CCCCN(c1ccc(F)cc1)[SH](=O)=O)S(=O)(=O)Cc1cccc(CCc2ccc3ccc(Cl)cc3n2)c1. The van der Waals surface area contributed by atoms with E-state index >= 15 is 0 Å². The van der Waals surface area contributed by atoms with Gasteiger partial charge in [-0.3, -0.25) is 13.6 Å². The maximum atomic E-state index is 14.0. The lowest BCUT2D eigenvalue weighted by Gasteiger charge is -2.26. The monoisotopic (exact) mass is 709 g/mol. The fourth-order valence-electron chi connectivity index (χ4n) is 5.42. The van der Waals surface area contributed by atoms with Crippen molar-refractivity contribution in [3.05, 3.63) is 136 Å². The summed E-state index contributed by atoms with van der Waals surface area (Å²) in [6.07, 6.45) is 1.72. The number of unbranched alkanes of at least 4 members (excludes halogenated alkanes) is 1. The van der Waals surface area contributed by atoms with Crippen molar-refractivity contribution in [1.82, 2.24) is 4.98 Å². The average Bonchev–Trinajstić information content (AvgIpc) is 3.05. The number of para-hydroxylation sites is 1. The summed E-state index contributed by atoms with van der Waals surface area (Å²) < 4.78 is 67.4. The lowest BCUT2D eigenvalue weighted by atomic mass is 10.0. The molecule has 0 atom stereocenters. The minimum absolute atomic E-state index is 0.0222. The highest BCUT2D eigenvalue weighted by molar-refractivity contribution is 7.92. The topological polar surface area (TPSA) is 125 Å². The summed E-state index contributed by atoms with van der Waals surface area (Å²) in [6, 6.07) is 27.6. The Balaban J connectivity index is 1.31. The van der Waals surface area contributed by atoms with Gasteiger partial charge in [-0.15, -0.1) is 0 Å². The molecule has 9 nitrogen and oxygen atoms in total. The number of carboxylic acid groups (broad SMARTS) is 1. The number of halogens is 2. The van der Waals surface area contributed by atoms with Crippen LogP contribution < -0.4 is 8.61 Å². The Hall–Kier alpha value is -4.52. The number of rotatable bonds is 15. The van der Waals surface area contributed by atoms with Crippen molar-refractivity contribution in [2.45, 2.75) is 31.4 Å². The number of carboxylic acids is 1. The highest BCUT2D eigenvalue weighted by atomic mass is 35.5. The summed E-state index contributed by atoms with van der Waals surface area (Å²) >= 11 is 6.13. The third-order valence-electron chi connectivity index (χ3n) is 7.76. The van der Waals surface area contributed by atoms with E-state index in [1.54, 1.807) is 18.2 Å². The number of carbonyl (C=O) groups is 1. The first-order valence-corrected chi connectivity index (χ1v) is 18.2. The first-order valence-electron chi connectivity index (χ1n) is 15.1. The molecular formula is C35H33ClFN3O6S2. The average molecular weight is 710 g/mol. The first-order chi connectivity index (χ1) is 23.0. The molecule has 4 aromatic carbocycles. The van der Waals surface area contributed by atoms with Crippen molar-refractivity contribution in [3.63, 3.8) is 0 Å². The molecule has 0 saturated heterocycles. The molecule has 0 fully saturated rings. The molecule has 5 rings (SSSR count). The molecule has 0 aliphatic rings. The van der Waals surface area contributed by atoms with Crippen LogP contribution in [-0.2, 0) is 39.5 Å². The van der Waals surface area contributed by atoms with Crippen molar-refractivity contribution in [3.8, 4) is 0 Å².